The minimum atomic E-state index is 0.843. The Hall–Kier alpha value is 0.0300. The minimum absolute atomic E-state index is 0.843. The molecule has 0 nitrogen and oxygen atoms in total. The zero-order valence-electron chi connectivity index (χ0n) is 16.5. The molecule has 0 atom stereocenters. The molecule has 0 heterocycles. The highest BCUT2D eigenvalue weighted by molar-refractivity contribution is 6.17. The number of halogens is 1. The molecule has 24 heavy (non-hydrogen) atoms. The third kappa shape index (κ3) is 22.0. The van der Waals surface area contributed by atoms with Gasteiger partial charge in [-0.15, -0.1) is 18.2 Å². The number of alkyl halides is 1. The monoisotopic (exact) mass is 356 g/mol. The van der Waals surface area contributed by atoms with E-state index in [1.165, 1.54) is 128 Å². The summed E-state index contributed by atoms with van der Waals surface area (Å²) in [6, 6.07) is 0. The fourth-order valence-corrected chi connectivity index (χ4v) is 3.58. The van der Waals surface area contributed by atoms with Crippen molar-refractivity contribution >= 4 is 11.6 Å². The molecule has 0 unspecified atom stereocenters. The van der Waals surface area contributed by atoms with E-state index in [1.54, 1.807) is 0 Å². The molecule has 0 aromatic heterocycles. The van der Waals surface area contributed by atoms with Crippen molar-refractivity contribution in [2.24, 2.45) is 0 Å². The van der Waals surface area contributed by atoms with Gasteiger partial charge in [0.1, 0.15) is 0 Å². The average molecular weight is 357 g/mol. The van der Waals surface area contributed by atoms with Gasteiger partial charge in [0.25, 0.3) is 0 Å². The maximum Gasteiger partial charge on any atom is 0.0223 e. The Bertz CT molecular complexity index is 224. The van der Waals surface area contributed by atoms with Crippen LogP contribution in [0.25, 0.3) is 0 Å². The van der Waals surface area contributed by atoms with Crippen molar-refractivity contribution in [1.82, 2.24) is 0 Å². The maximum absolute atomic E-state index is 5.68. The minimum Gasteiger partial charge on any atom is -0.127 e. The fraction of sp³-hybridized carbons (Fsp3) is 0.913. The summed E-state index contributed by atoms with van der Waals surface area (Å²) in [6.45, 7) is 3.78. The molecule has 0 aliphatic carbocycles. The lowest BCUT2D eigenvalue weighted by Gasteiger charge is -2.04. The van der Waals surface area contributed by atoms with Crippen LogP contribution in [0.5, 0.6) is 0 Å². The van der Waals surface area contributed by atoms with Gasteiger partial charge in [0.15, 0.2) is 0 Å². The summed E-state index contributed by atoms with van der Waals surface area (Å²) in [7, 11) is 0. The van der Waals surface area contributed by atoms with Gasteiger partial charge in [-0.3, -0.25) is 0 Å². The van der Waals surface area contributed by atoms with Gasteiger partial charge in [0, 0.05) is 5.88 Å². The molecule has 0 saturated heterocycles. The summed E-state index contributed by atoms with van der Waals surface area (Å²) >= 11 is 5.68. The summed E-state index contributed by atoms with van der Waals surface area (Å²) in [4.78, 5) is 0. The highest BCUT2D eigenvalue weighted by Gasteiger charge is 1.95. The second-order valence-corrected chi connectivity index (χ2v) is 7.86. The van der Waals surface area contributed by atoms with Crippen molar-refractivity contribution in [3.63, 3.8) is 0 Å². The summed E-state index contributed by atoms with van der Waals surface area (Å²) in [6.07, 6.45) is 30.3. The van der Waals surface area contributed by atoms with Crippen LogP contribution < -0.4 is 0 Å². The Labute approximate surface area is 158 Å². The number of hydrogen-bond donors (Lipinski definition) is 0. The normalized spacial score (nSPS) is 11.0. The quantitative estimate of drug-likeness (QED) is 0.109. The number of hydrogen-bond acceptors (Lipinski definition) is 0. The van der Waals surface area contributed by atoms with Gasteiger partial charge in [-0.25, -0.2) is 0 Å². The summed E-state index contributed by atoms with van der Waals surface area (Å²) in [5, 5.41) is 0. The van der Waals surface area contributed by atoms with E-state index in [-0.39, 0.29) is 0 Å². The van der Waals surface area contributed by atoms with Crippen LogP contribution in [-0.4, -0.2) is 5.88 Å². The zero-order valence-corrected chi connectivity index (χ0v) is 17.3. The van der Waals surface area contributed by atoms with E-state index < -0.39 is 0 Å². The van der Waals surface area contributed by atoms with Gasteiger partial charge < -0.3 is 0 Å². The molecule has 0 aromatic carbocycles. The molecular weight excluding hydrogens is 312 g/mol. The smallest absolute Gasteiger partial charge is 0.0223 e. The first kappa shape index (κ1) is 24.0. The van der Waals surface area contributed by atoms with Crippen molar-refractivity contribution in [2.45, 2.75) is 128 Å². The van der Waals surface area contributed by atoms with Crippen LogP contribution >= 0.6 is 11.6 Å². The van der Waals surface area contributed by atoms with E-state index in [9.17, 15) is 0 Å². The molecule has 0 N–H and O–H groups in total. The predicted octanol–water partition coefficient (Wildman–Crippen LogP) is 9.21. The molecule has 0 fully saturated rings. The summed E-state index contributed by atoms with van der Waals surface area (Å²) < 4.78 is 0. The molecule has 0 radical (unpaired) electrons. The number of allylic oxidation sites excluding steroid dienone is 1. The van der Waals surface area contributed by atoms with E-state index in [1.807, 2.05) is 6.08 Å². The van der Waals surface area contributed by atoms with Crippen LogP contribution in [0.4, 0.5) is 0 Å². The van der Waals surface area contributed by atoms with Gasteiger partial charge in [0.2, 0.25) is 0 Å². The van der Waals surface area contributed by atoms with Crippen LogP contribution in [0.3, 0.4) is 0 Å². The first-order valence-electron chi connectivity index (χ1n) is 11.1. The molecular formula is C23H45Cl. The van der Waals surface area contributed by atoms with E-state index in [0.29, 0.717) is 0 Å². The molecule has 144 valence electrons. The van der Waals surface area contributed by atoms with Gasteiger partial charge >= 0.3 is 0 Å². The Kier molecular flexibility index (Phi) is 23.1. The Morgan fingerprint density at radius 3 is 0.917 bits per heavy atom. The lowest BCUT2D eigenvalue weighted by Crippen LogP contribution is -1.84. The molecule has 0 bridgehead atoms. The van der Waals surface area contributed by atoms with Crippen LogP contribution in [0.15, 0.2) is 12.7 Å². The van der Waals surface area contributed by atoms with Gasteiger partial charge in [-0.05, 0) is 19.3 Å². The molecule has 0 saturated carbocycles. The topological polar surface area (TPSA) is 0 Å². The van der Waals surface area contributed by atoms with E-state index >= 15 is 0 Å². The standard InChI is InChI=1S/C23H45Cl/c1-2-3-4-5-6-7-8-9-10-11-12-13-14-15-16-17-18-19-20-21-22-23-24/h2H,1,3-23H2. The SMILES string of the molecule is C=CCCCCCCCCCCCCCCCCCCCCCCl. The third-order valence-electron chi connectivity index (χ3n) is 5.04. The lowest BCUT2D eigenvalue weighted by atomic mass is 10.0. The first-order chi connectivity index (χ1) is 11.9. The van der Waals surface area contributed by atoms with Crippen LogP contribution in [0, 0.1) is 0 Å². The Morgan fingerprint density at radius 2 is 0.667 bits per heavy atom. The zero-order chi connectivity index (χ0) is 17.6. The van der Waals surface area contributed by atoms with E-state index in [0.717, 1.165) is 5.88 Å². The summed E-state index contributed by atoms with van der Waals surface area (Å²) in [5.74, 6) is 0.843. The predicted molar refractivity (Wildman–Crippen MR) is 113 cm³/mol. The molecule has 0 aromatic rings. The highest BCUT2D eigenvalue weighted by Crippen LogP contribution is 2.14. The molecule has 0 amide bonds. The van der Waals surface area contributed by atoms with Gasteiger partial charge in [-0.2, -0.15) is 0 Å². The van der Waals surface area contributed by atoms with Crippen LogP contribution in [-0.2, 0) is 0 Å². The highest BCUT2D eigenvalue weighted by atomic mass is 35.5. The second-order valence-electron chi connectivity index (χ2n) is 7.48. The molecule has 0 rings (SSSR count). The second kappa shape index (κ2) is 23.0. The van der Waals surface area contributed by atoms with Gasteiger partial charge in [0.05, 0.1) is 0 Å². The largest absolute Gasteiger partial charge is 0.127 e. The first-order valence-corrected chi connectivity index (χ1v) is 11.6. The van der Waals surface area contributed by atoms with Gasteiger partial charge in [-0.1, -0.05) is 115 Å². The van der Waals surface area contributed by atoms with Crippen molar-refractivity contribution in [1.29, 1.82) is 0 Å². The van der Waals surface area contributed by atoms with Crippen molar-refractivity contribution in [2.75, 3.05) is 5.88 Å². The maximum atomic E-state index is 5.68. The van der Waals surface area contributed by atoms with E-state index in [2.05, 4.69) is 6.58 Å². The molecule has 0 aliphatic rings. The van der Waals surface area contributed by atoms with Crippen molar-refractivity contribution < 1.29 is 0 Å². The molecule has 0 aliphatic heterocycles. The molecule has 1 heteroatoms. The lowest BCUT2D eigenvalue weighted by molar-refractivity contribution is 0.523. The molecule has 0 spiro atoms. The van der Waals surface area contributed by atoms with E-state index in [4.69, 9.17) is 11.6 Å². The number of rotatable bonds is 21. The Balaban J connectivity index is 2.94. The third-order valence-corrected chi connectivity index (χ3v) is 5.31. The summed E-state index contributed by atoms with van der Waals surface area (Å²) in [5.41, 5.74) is 0. The average Bonchev–Trinajstić information content (AvgIpc) is 2.60. The number of unbranched alkanes of at least 4 members (excludes halogenated alkanes) is 19. The van der Waals surface area contributed by atoms with Crippen LogP contribution in [0.1, 0.15) is 128 Å². The van der Waals surface area contributed by atoms with Crippen LogP contribution in [0.2, 0.25) is 0 Å². The fourth-order valence-electron chi connectivity index (χ4n) is 3.39. The van der Waals surface area contributed by atoms with Crippen molar-refractivity contribution in [3.8, 4) is 0 Å². The Morgan fingerprint density at radius 1 is 0.417 bits per heavy atom. The van der Waals surface area contributed by atoms with Crippen molar-refractivity contribution in [3.05, 3.63) is 12.7 Å².